The molecular formula is C20H13F2NO4S. The van der Waals surface area contributed by atoms with Gasteiger partial charge in [0.25, 0.3) is 5.91 Å². The number of carboxylic acids is 1. The van der Waals surface area contributed by atoms with Gasteiger partial charge >= 0.3 is 5.97 Å². The van der Waals surface area contributed by atoms with Gasteiger partial charge in [-0.3, -0.25) is 4.79 Å². The van der Waals surface area contributed by atoms with Gasteiger partial charge in [0.1, 0.15) is 11.4 Å². The van der Waals surface area contributed by atoms with Crippen LogP contribution in [0.15, 0.2) is 60.3 Å². The number of carboxylic acid groups (broad SMARTS) is 1. The first-order valence-corrected chi connectivity index (χ1v) is 8.77. The molecule has 5 nitrogen and oxygen atoms in total. The summed E-state index contributed by atoms with van der Waals surface area (Å²) in [5, 5.41) is 21.3. The number of phenols is 1. The number of hydrogen-bond donors (Lipinski definition) is 3. The van der Waals surface area contributed by atoms with E-state index in [1.54, 1.807) is 0 Å². The summed E-state index contributed by atoms with van der Waals surface area (Å²) >= 11 is 1.03. The maximum Gasteiger partial charge on any atom is 0.352 e. The van der Waals surface area contributed by atoms with Gasteiger partial charge < -0.3 is 15.5 Å². The molecule has 0 unspecified atom stereocenters. The SMILES string of the molecule is O=C(O)C(=Cc1ccc(-c2cccc(F)c2F)s1)NC(=O)c1ccccc1O. The van der Waals surface area contributed by atoms with Gasteiger partial charge in [0, 0.05) is 15.3 Å². The molecule has 0 aliphatic rings. The van der Waals surface area contributed by atoms with Crippen molar-refractivity contribution in [1.29, 1.82) is 0 Å². The Hall–Kier alpha value is -3.52. The molecule has 0 aliphatic heterocycles. The average molecular weight is 401 g/mol. The number of hydrogen-bond acceptors (Lipinski definition) is 4. The highest BCUT2D eigenvalue weighted by Crippen LogP contribution is 2.32. The molecule has 0 bridgehead atoms. The molecule has 1 aromatic heterocycles. The fourth-order valence-corrected chi connectivity index (χ4v) is 3.39. The van der Waals surface area contributed by atoms with Crippen LogP contribution < -0.4 is 5.32 Å². The van der Waals surface area contributed by atoms with E-state index in [2.05, 4.69) is 5.32 Å². The van der Waals surface area contributed by atoms with Gasteiger partial charge in [0.05, 0.1) is 5.56 Å². The number of para-hydroxylation sites is 1. The van der Waals surface area contributed by atoms with Gasteiger partial charge in [-0.25, -0.2) is 13.6 Å². The molecular weight excluding hydrogens is 388 g/mol. The highest BCUT2D eigenvalue weighted by molar-refractivity contribution is 7.16. The van der Waals surface area contributed by atoms with Crippen molar-refractivity contribution in [2.75, 3.05) is 0 Å². The van der Waals surface area contributed by atoms with Gasteiger partial charge in [0.15, 0.2) is 11.6 Å². The lowest BCUT2D eigenvalue weighted by Crippen LogP contribution is -2.27. The Morgan fingerprint density at radius 3 is 2.46 bits per heavy atom. The molecule has 1 amide bonds. The van der Waals surface area contributed by atoms with Crippen LogP contribution in [0.5, 0.6) is 5.75 Å². The maximum absolute atomic E-state index is 13.9. The second kappa shape index (κ2) is 8.01. The number of benzene rings is 2. The highest BCUT2D eigenvalue weighted by atomic mass is 32.1. The molecule has 0 saturated heterocycles. The van der Waals surface area contributed by atoms with Crippen LogP contribution in [0, 0.1) is 11.6 Å². The van der Waals surface area contributed by atoms with Crippen LogP contribution in [0.4, 0.5) is 8.78 Å². The topological polar surface area (TPSA) is 86.6 Å². The monoisotopic (exact) mass is 401 g/mol. The third-order valence-electron chi connectivity index (χ3n) is 3.76. The summed E-state index contributed by atoms with van der Waals surface area (Å²) < 4.78 is 27.3. The Morgan fingerprint density at radius 2 is 1.75 bits per heavy atom. The van der Waals surface area contributed by atoms with E-state index in [1.165, 1.54) is 54.6 Å². The molecule has 0 spiro atoms. The largest absolute Gasteiger partial charge is 0.507 e. The first-order valence-electron chi connectivity index (χ1n) is 7.95. The maximum atomic E-state index is 13.9. The fourth-order valence-electron chi connectivity index (χ4n) is 2.42. The molecule has 1 heterocycles. The molecule has 0 saturated carbocycles. The smallest absolute Gasteiger partial charge is 0.352 e. The molecule has 0 atom stereocenters. The number of nitrogens with one attached hydrogen (secondary N) is 1. The lowest BCUT2D eigenvalue weighted by atomic mass is 10.1. The third-order valence-corrected chi connectivity index (χ3v) is 4.82. The number of rotatable bonds is 5. The molecule has 3 aromatic rings. The second-order valence-electron chi connectivity index (χ2n) is 5.64. The van der Waals surface area contributed by atoms with Crippen molar-refractivity contribution in [1.82, 2.24) is 5.32 Å². The number of phenolic OH excluding ortho intramolecular Hbond substituents is 1. The van der Waals surface area contributed by atoms with E-state index < -0.39 is 29.2 Å². The minimum Gasteiger partial charge on any atom is -0.507 e. The van der Waals surface area contributed by atoms with E-state index >= 15 is 0 Å². The number of aromatic hydroxyl groups is 1. The third kappa shape index (κ3) is 4.07. The zero-order valence-electron chi connectivity index (χ0n) is 14.1. The van der Waals surface area contributed by atoms with E-state index in [-0.39, 0.29) is 16.9 Å². The fraction of sp³-hybridized carbons (Fsp3) is 0. The normalized spacial score (nSPS) is 11.3. The van der Waals surface area contributed by atoms with Crippen LogP contribution in [0.2, 0.25) is 0 Å². The summed E-state index contributed by atoms with van der Waals surface area (Å²) in [4.78, 5) is 24.5. The first-order chi connectivity index (χ1) is 13.4. The highest BCUT2D eigenvalue weighted by Gasteiger charge is 2.17. The predicted octanol–water partition coefficient (Wildman–Crippen LogP) is 4.25. The minimum atomic E-state index is -1.39. The Kier molecular flexibility index (Phi) is 5.51. The van der Waals surface area contributed by atoms with E-state index in [0.717, 1.165) is 17.4 Å². The van der Waals surface area contributed by atoms with Gasteiger partial charge in [-0.2, -0.15) is 0 Å². The molecule has 142 valence electrons. The first kappa shape index (κ1) is 19.2. The second-order valence-corrected chi connectivity index (χ2v) is 6.75. The molecule has 0 fully saturated rings. The van der Waals surface area contributed by atoms with Crippen molar-refractivity contribution in [3.8, 4) is 16.2 Å². The van der Waals surface area contributed by atoms with E-state index in [9.17, 15) is 28.6 Å². The molecule has 28 heavy (non-hydrogen) atoms. The number of thiophene rings is 1. The van der Waals surface area contributed by atoms with Crippen LogP contribution in [0.1, 0.15) is 15.2 Å². The van der Waals surface area contributed by atoms with Crippen molar-refractivity contribution in [3.05, 3.63) is 82.4 Å². The van der Waals surface area contributed by atoms with E-state index in [4.69, 9.17) is 0 Å². The molecule has 8 heteroatoms. The lowest BCUT2D eigenvalue weighted by Gasteiger charge is -2.07. The van der Waals surface area contributed by atoms with Gasteiger partial charge in [-0.1, -0.05) is 24.3 Å². The number of aliphatic carboxylic acids is 1. The van der Waals surface area contributed by atoms with Crippen molar-refractivity contribution in [2.24, 2.45) is 0 Å². The Morgan fingerprint density at radius 1 is 1.00 bits per heavy atom. The van der Waals surface area contributed by atoms with Crippen LogP contribution in [0.25, 0.3) is 16.5 Å². The van der Waals surface area contributed by atoms with Crippen LogP contribution in [0.3, 0.4) is 0 Å². The number of carbonyl (C=O) groups is 2. The summed E-state index contributed by atoms with van der Waals surface area (Å²) in [6.45, 7) is 0. The number of halogens is 2. The minimum absolute atomic E-state index is 0.0553. The quantitative estimate of drug-likeness (QED) is 0.558. The van der Waals surface area contributed by atoms with Gasteiger partial charge in [0.2, 0.25) is 0 Å². The lowest BCUT2D eigenvalue weighted by molar-refractivity contribution is -0.132. The summed E-state index contributed by atoms with van der Waals surface area (Å²) in [6.07, 6.45) is 1.20. The van der Waals surface area contributed by atoms with Crippen molar-refractivity contribution >= 4 is 29.3 Å². The molecule has 0 aliphatic carbocycles. The number of amides is 1. The Balaban J connectivity index is 1.88. The number of carbonyl (C=O) groups excluding carboxylic acids is 1. The molecule has 0 radical (unpaired) electrons. The molecule has 3 N–H and O–H groups in total. The summed E-state index contributed by atoms with van der Waals surface area (Å²) in [5.74, 6) is -4.45. The van der Waals surface area contributed by atoms with Crippen LogP contribution >= 0.6 is 11.3 Å². The molecule has 3 rings (SSSR count). The van der Waals surface area contributed by atoms with Crippen LogP contribution in [-0.2, 0) is 4.79 Å². The van der Waals surface area contributed by atoms with Crippen molar-refractivity contribution in [2.45, 2.75) is 0 Å². The standard InChI is InChI=1S/C20H13F2NO4S/c21-14-6-3-5-13(18(14)22)17-9-8-11(28-17)10-15(20(26)27)23-19(25)12-4-1-2-7-16(12)24/h1-10,24H,(H,23,25)(H,26,27). The van der Waals surface area contributed by atoms with E-state index in [1.807, 2.05) is 0 Å². The average Bonchev–Trinajstić information content (AvgIpc) is 3.12. The van der Waals surface area contributed by atoms with Crippen LogP contribution in [-0.4, -0.2) is 22.1 Å². The zero-order chi connectivity index (χ0) is 20.3. The van der Waals surface area contributed by atoms with E-state index in [0.29, 0.717) is 9.75 Å². The van der Waals surface area contributed by atoms with Crippen molar-refractivity contribution < 1.29 is 28.6 Å². The van der Waals surface area contributed by atoms with Gasteiger partial charge in [-0.15, -0.1) is 11.3 Å². The zero-order valence-corrected chi connectivity index (χ0v) is 15.0. The predicted molar refractivity (Wildman–Crippen MR) is 101 cm³/mol. The Bertz CT molecular complexity index is 1090. The summed E-state index contributed by atoms with van der Waals surface area (Å²) in [6, 6.07) is 12.5. The summed E-state index contributed by atoms with van der Waals surface area (Å²) in [5.41, 5.74) is -0.454. The summed E-state index contributed by atoms with van der Waals surface area (Å²) in [7, 11) is 0. The molecule has 2 aromatic carbocycles. The van der Waals surface area contributed by atoms with Gasteiger partial charge in [-0.05, 0) is 36.4 Å². The Labute approximate surface area is 162 Å². The van der Waals surface area contributed by atoms with Crippen molar-refractivity contribution in [3.63, 3.8) is 0 Å².